The molecular weight excluding hydrogens is 420 g/mol. The van der Waals surface area contributed by atoms with E-state index in [4.69, 9.17) is 0 Å². The molecule has 0 aromatic carbocycles. The average Bonchev–Trinajstić information content (AvgIpc) is 3.13. The lowest BCUT2D eigenvalue weighted by Gasteiger charge is -2.39. The van der Waals surface area contributed by atoms with Crippen LogP contribution in [0.15, 0.2) is 24.5 Å². The number of urea groups is 1. The summed E-state index contributed by atoms with van der Waals surface area (Å²) in [6.45, 7) is 2.12. The molecule has 174 valence electrons. The van der Waals surface area contributed by atoms with Gasteiger partial charge in [0.25, 0.3) is 5.92 Å². The molecule has 1 N–H and O–H groups in total. The Morgan fingerprint density at radius 1 is 1.31 bits per heavy atom. The third-order valence-corrected chi connectivity index (χ3v) is 6.35. The summed E-state index contributed by atoms with van der Waals surface area (Å²) in [5.41, 5.74) is 2.58. The molecule has 0 aliphatic carbocycles. The van der Waals surface area contributed by atoms with Crippen molar-refractivity contribution in [3.05, 3.63) is 30.1 Å². The second-order valence-electron chi connectivity index (χ2n) is 8.85. The molecule has 4 rings (SSSR count). The SMILES string of the molecule is COCC(F)(F)CN1CC[C@@H](Cc2ccn3ncc(N4CCC(=O)NC4=O)c3c2)C[C@@H]1C. The molecule has 2 atom stereocenters. The molecule has 0 saturated carbocycles. The molecule has 2 fully saturated rings. The van der Waals surface area contributed by atoms with Gasteiger partial charge in [0.15, 0.2) is 0 Å². The number of hydrogen-bond donors (Lipinski definition) is 1. The van der Waals surface area contributed by atoms with Gasteiger partial charge in [-0.3, -0.25) is 19.9 Å². The van der Waals surface area contributed by atoms with Crippen LogP contribution in [-0.4, -0.2) is 71.8 Å². The molecule has 4 heterocycles. The van der Waals surface area contributed by atoms with E-state index in [1.54, 1.807) is 10.7 Å². The standard InChI is InChI=1S/C22H29F2N5O3/c1-15-9-16(3-6-27(15)13-22(23,24)14-32-2)10-17-4-8-29-18(11-17)19(12-25-29)28-7-5-20(30)26-21(28)31/h4,8,11-12,15-16H,3,5-7,9-10,13-14H2,1-2H3,(H,26,30,31)/t15-,16+/m0/s1. The number of hydrogen-bond acceptors (Lipinski definition) is 5. The largest absolute Gasteiger partial charge is 0.378 e. The zero-order chi connectivity index (χ0) is 22.9. The van der Waals surface area contributed by atoms with E-state index in [0.717, 1.165) is 30.3 Å². The van der Waals surface area contributed by atoms with E-state index < -0.39 is 18.6 Å². The Bertz CT molecular complexity index is 995. The fraction of sp³-hybridized carbons (Fsp3) is 0.591. The van der Waals surface area contributed by atoms with Gasteiger partial charge in [-0.2, -0.15) is 5.10 Å². The normalized spacial score (nSPS) is 23.1. The van der Waals surface area contributed by atoms with E-state index in [2.05, 4.69) is 15.2 Å². The molecule has 2 aromatic rings. The van der Waals surface area contributed by atoms with Gasteiger partial charge in [-0.25, -0.2) is 18.1 Å². The van der Waals surface area contributed by atoms with Gasteiger partial charge in [-0.05, 0) is 56.3 Å². The number of carbonyl (C=O) groups excluding carboxylic acids is 2. The summed E-state index contributed by atoms with van der Waals surface area (Å²) in [6, 6.07) is 3.66. The minimum atomic E-state index is -2.84. The van der Waals surface area contributed by atoms with Crippen LogP contribution in [0.4, 0.5) is 19.3 Å². The number of anilines is 1. The maximum absolute atomic E-state index is 14.0. The van der Waals surface area contributed by atoms with Crippen molar-refractivity contribution < 1.29 is 23.1 Å². The third kappa shape index (κ3) is 4.91. The molecule has 0 radical (unpaired) electrons. The van der Waals surface area contributed by atoms with Gasteiger partial charge in [0.05, 0.1) is 23.9 Å². The van der Waals surface area contributed by atoms with Gasteiger partial charge in [0.1, 0.15) is 6.61 Å². The first-order valence-electron chi connectivity index (χ1n) is 10.9. The predicted molar refractivity (Wildman–Crippen MR) is 115 cm³/mol. The highest BCUT2D eigenvalue weighted by Crippen LogP contribution is 2.30. The number of rotatable bonds is 7. The van der Waals surface area contributed by atoms with E-state index >= 15 is 0 Å². The van der Waals surface area contributed by atoms with Gasteiger partial charge in [-0.15, -0.1) is 0 Å². The lowest BCUT2D eigenvalue weighted by molar-refractivity contribution is -0.120. The van der Waals surface area contributed by atoms with E-state index in [-0.39, 0.29) is 24.9 Å². The molecule has 0 spiro atoms. The number of pyridine rings is 1. The number of nitrogens with one attached hydrogen (secondary N) is 1. The molecule has 3 amide bonds. The number of halogens is 2. The topological polar surface area (TPSA) is 79.2 Å². The second-order valence-corrected chi connectivity index (χ2v) is 8.85. The van der Waals surface area contributed by atoms with E-state index in [1.807, 2.05) is 30.2 Å². The molecule has 2 aliphatic heterocycles. The van der Waals surface area contributed by atoms with Crippen LogP contribution in [0.5, 0.6) is 0 Å². The van der Waals surface area contributed by atoms with Crippen LogP contribution in [0.3, 0.4) is 0 Å². The molecule has 0 unspecified atom stereocenters. The number of aromatic nitrogens is 2. The Labute approximate surface area is 185 Å². The first-order valence-corrected chi connectivity index (χ1v) is 10.9. The minimum absolute atomic E-state index is 0.0697. The Morgan fingerprint density at radius 2 is 2.12 bits per heavy atom. The van der Waals surface area contributed by atoms with Crippen molar-refractivity contribution in [2.75, 3.05) is 38.3 Å². The molecule has 2 saturated heterocycles. The number of fused-ring (bicyclic) bond motifs is 1. The van der Waals surface area contributed by atoms with Crippen LogP contribution in [0.25, 0.3) is 5.52 Å². The van der Waals surface area contributed by atoms with Gasteiger partial charge in [0, 0.05) is 32.3 Å². The first kappa shape index (κ1) is 22.6. The number of methoxy groups -OCH3 is 1. The van der Waals surface area contributed by atoms with Crippen LogP contribution < -0.4 is 10.2 Å². The predicted octanol–water partition coefficient (Wildman–Crippen LogP) is 2.71. The summed E-state index contributed by atoms with van der Waals surface area (Å²) in [6.07, 6.45) is 6.28. The zero-order valence-corrected chi connectivity index (χ0v) is 18.4. The molecule has 0 bridgehead atoms. The minimum Gasteiger partial charge on any atom is -0.378 e. The fourth-order valence-corrected chi connectivity index (χ4v) is 4.77. The first-order chi connectivity index (χ1) is 15.3. The second kappa shape index (κ2) is 9.11. The number of piperidine rings is 1. The van der Waals surface area contributed by atoms with E-state index in [0.29, 0.717) is 24.7 Å². The summed E-state index contributed by atoms with van der Waals surface area (Å²) < 4.78 is 34.3. The number of amides is 3. The van der Waals surface area contributed by atoms with Gasteiger partial charge in [-0.1, -0.05) is 0 Å². The number of ether oxygens (including phenoxy) is 1. The summed E-state index contributed by atoms with van der Waals surface area (Å²) >= 11 is 0. The van der Waals surface area contributed by atoms with Crippen molar-refractivity contribution in [1.82, 2.24) is 19.8 Å². The smallest absolute Gasteiger partial charge is 0.328 e. The quantitative estimate of drug-likeness (QED) is 0.703. The van der Waals surface area contributed by atoms with Crippen LogP contribution in [0.1, 0.15) is 31.7 Å². The highest BCUT2D eigenvalue weighted by Gasteiger charge is 2.36. The van der Waals surface area contributed by atoms with Gasteiger partial charge >= 0.3 is 6.03 Å². The molecular formula is C22H29F2N5O3. The molecule has 10 heteroatoms. The number of alkyl halides is 2. The highest BCUT2D eigenvalue weighted by molar-refractivity contribution is 6.07. The summed E-state index contributed by atoms with van der Waals surface area (Å²) in [5.74, 6) is -2.73. The molecule has 2 aromatic heterocycles. The van der Waals surface area contributed by atoms with Crippen molar-refractivity contribution in [3.63, 3.8) is 0 Å². The summed E-state index contributed by atoms with van der Waals surface area (Å²) in [5, 5.41) is 6.67. The Hall–Kier alpha value is -2.59. The summed E-state index contributed by atoms with van der Waals surface area (Å²) in [4.78, 5) is 27.1. The van der Waals surface area contributed by atoms with Crippen LogP contribution in [0.2, 0.25) is 0 Å². The van der Waals surface area contributed by atoms with Crippen molar-refractivity contribution in [1.29, 1.82) is 0 Å². The van der Waals surface area contributed by atoms with Crippen LogP contribution >= 0.6 is 0 Å². The van der Waals surface area contributed by atoms with Crippen LogP contribution in [0, 0.1) is 5.92 Å². The monoisotopic (exact) mass is 449 g/mol. The molecule has 32 heavy (non-hydrogen) atoms. The Morgan fingerprint density at radius 3 is 2.84 bits per heavy atom. The highest BCUT2D eigenvalue weighted by atomic mass is 19.3. The van der Waals surface area contributed by atoms with Crippen molar-refractivity contribution in [2.24, 2.45) is 5.92 Å². The molecule has 2 aliphatic rings. The number of nitrogens with zero attached hydrogens (tertiary/aromatic N) is 4. The Balaban J connectivity index is 1.43. The fourth-order valence-electron chi connectivity index (χ4n) is 4.77. The third-order valence-electron chi connectivity index (χ3n) is 6.35. The summed E-state index contributed by atoms with van der Waals surface area (Å²) in [7, 11) is 1.30. The number of carbonyl (C=O) groups is 2. The van der Waals surface area contributed by atoms with Crippen molar-refractivity contribution >= 4 is 23.1 Å². The van der Waals surface area contributed by atoms with E-state index in [1.165, 1.54) is 12.0 Å². The van der Waals surface area contributed by atoms with Crippen molar-refractivity contribution in [2.45, 2.75) is 44.6 Å². The van der Waals surface area contributed by atoms with Crippen molar-refractivity contribution in [3.8, 4) is 0 Å². The molecule has 8 nitrogen and oxygen atoms in total. The lowest BCUT2D eigenvalue weighted by Crippen LogP contribution is -2.49. The number of likely N-dealkylation sites (tertiary alicyclic amines) is 1. The van der Waals surface area contributed by atoms with Crippen LogP contribution in [-0.2, 0) is 16.0 Å². The maximum Gasteiger partial charge on any atom is 0.328 e. The zero-order valence-electron chi connectivity index (χ0n) is 18.4. The van der Waals surface area contributed by atoms with Gasteiger partial charge in [0.2, 0.25) is 5.91 Å². The maximum atomic E-state index is 14.0. The van der Waals surface area contributed by atoms with Gasteiger partial charge < -0.3 is 4.74 Å². The average molecular weight is 450 g/mol. The number of imide groups is 1. The van der Waals surface area contributed by atoms with E-state index in [9.17, 15) is 18.4 Å². The lowest BCUT2D eigenvalue weighted by atomic mass is 9.86. The Kier molecular flexibility index (Phi) is 6.43.